The predicted molar refractivity (Wildman–Crippen MR) is 171 cm³/mol. The van der Waals surface area contributed by atoms with Crippen LogP contribution < -0.4 is 44.7 Å². The number of carboxylic acids is 1. The van der Waals surface area contributed by atoms with E-state index in [0.29, 0.717) is 18.5 Å². The second kappa shape index (κ2) is 18.5. The van der Waals surface area contributed by atoms with Crippen LogP contribution in [0, 0.1) is 0 Å². The summed E-state index contributed by atoms with van der Waals surface area (Å²) in [5, 5.41) is 55.6. The van der Waals surface area contributed by atoms with Gasteiger partial charge in [-0.1, -0.05) is 73.2 Å². The Labute approximate surface area is 307 Å². The predicted octanol–water partition coefficient (Wildman–Crippen LogP) is -3.44. The molecule has 2 aromatic carbocycles. The van der Waals surface area contributed by atoms with E-state index < -0.39 is 71.1 Å². The van der Waals surface area contributed by atoms with Crippen LogP contribution in [0.3, 0.4) is 0 Å². The molecular weight excluding hydrogens is 669 g/mol. The van der Waals surface area contributed by atoms with Crippen molar-refractivity contribution in [1.82, 2.24) is 25.0 Å². The first-order valence-electron chi connectivity index (χ1n) is 15.7. The molecule has 2 heterocycles. The molecule has 0 bridgehead atoms. The number of aliphatic hydroxyl groups is 3. The van der Waals surface area contributed by atoms with Crippen LogP contribution in [0.25, 0.3) is 22.4 Å². The van der Waals surface area contributed by atoms with E-state index in [0.717, 1.165) is 23.6 Å². The maximum absolute atomic E-state index is 12.4. The number of carbonyl (C=O) groups excluding carboxylic acids is 2. The normalized spacial score (nSPS) is 22.1. The number of aromatic nitrogens is 3. The Morgan fingerprint density at radius 3 is 2.39 bits per heavy atom. The molecule has 15 nitrogen and oxygen atoms in total. The summed E-state index contributed by atoms with van der Waals surface area (Å²) in [7, 11) is -3.77. The number of amides is 1. The number of nitrogens with one attached hydrogen (secondary N) is 2. The van der Waals surface area contributed by atoms with Crippen LogP contribution in [0.4, 0.5) is 0 Å². The van der Waals surface area contributed by atoms with Gasteiger partial charge in [0.1, 0.15) is 23.9 Å². The van der Waals surface area contributed by atoms with E-state index in [9.17, 15) is 38.4 Å². The third-order valence-electron chi connectivity index (χ3n) is 7.96. The van der Waals surface area contributed by atoms with Gasteiger partial charge in [0.05, 0.1) is 36.8 Å². The topological polar surface area (TPSA) is 225 Å². The smallest absolute Gasteiger partial charge is 0.544 e. The quantitative estimate of drug-likeness (QED) is 0.0682. The Morgan fingerprint density at radius 2 is 1.76 bits per heavy atom. The molecule has 6 atom stereocenters. The summed E-state index contributed by atoms with van der Waals surface area (Å²) in [6.07, 6.45) is -4.81. The molecule has 0 spiro atoms. The van der Waals surface area contributed by atoms with Crippen LogP contribution >= 0.6 is 0 Å². The van der Waals surface area contributed by atoms with Gasteiger partial charge in [0.25, 0.3) is 0 Å². The molecule has 0 unspecified atom stereocenters. The Bertz CT molecular complexity index is 1610. The Hall–Kier alpha value is -2.77. The van der Waals surface area contributed by atoms with Crippen LogP contribution in [-0.2, 0) is 35.6 Å². The molecule has 4 rings (SSSR count). The average Bonchev–Trinajstić information content (AvgIpc) is 3.55. The number of sulfonamides is 1. The Morgan fingerprint density at radius 1 is 1.10 bits per heavy atom. The van der Waals surface area contributed by atoms with Gasteiger partial charge >= 0.3 is 29.6 Å². The van der Waals surface area contributed by atoms with Crippen molar-refractivity contribution in [1.29, 1.82) is 0 Å². The third-order valence-corrected chi connectivity index (χ3v) is 9.39. The zero-order valence-corrected chi connectivity index (χ0v) is 30.6. The van der Waals surface area contributed by atoms with E-state index in [1.54, 1.807) is 10.9 Å². The molecule has 0 radical (unpaired) electrons. The van der Waals surface area contributed by atoms with E-state index in [1.807, 2.05) is 61.5 Å². The minimum atomic E-state index is -3.77. The van der Waals surface area contributed by atoms with Crippen molar-refractivity contribution in [2.24, 2.45) is 0 Å². The molecule has 1 saturated heterocycles. The van der Waals surface area contributed by atoms with E-state index in [-0.39, 0.29) is 54.9 Å². The SMILES string of the molecule is CCCCS(=O)(=O)NC[C@@H](O)[C@@H](O)[C@@H]1O[C@@](OCCCn2cc(-c3ccc(-c4ccccc4)cc3)nn2)(C(=O)[O-])C[C@H](O)[C@H]1NC(C)=O.[Na+]. The van der Waals surface area contributed by atoms with Gasteiger partial charge in [0, 0.05) is 32.0 Å². The fourth-order valence-corrected chi connectivity index (χ4v) is 6.60. The fraction of sp³-hybridized carbons (Fsp3) is 0.500. The standard InChI is InChI=1S/C32H43N5O10S.Na/c1-3-4-17-48(44,45)33-19-27(40)29(41)30-28(34-21(2)38)26(39)18-32(47-30,31(42)43)46-16-8-15-37-20-25(35-36-37)24-13-11-23(12-14-24)22-9-6-5-7-10-22;/h5-7,9-14,20,26-30,33,39-41H,3-4,8,15-19H2,1-2H3,(H,34,38)(H,42,43);/q;+1/p-1/t26-,27+,28+,29+,30+,32+;/m0./s1. The summed E-state index contributed by atoms with van der Waals surface area (Å²) in [4.78, 5) is 24.2. The zero-order chi connectivity index (χ0) is 34.9. The molecule has 1 amide bonds. The summed E-state index contributed by atoms with van der Waals surface area (Å²) < 4.78 is 39.4. The van der Waals surface area contributed by atoms with E-state index in [1.165, 1.54) is 0 Å². The summed E-state index contributed by atoms with van der Waals surface area (Å²) in [5.74, 6) is -5.24. The van der Waals surface area contributed by atoms with E-state index in [4.69, 9.17) is 9.47 Å². The number of hydrogen-bond acceptors (Lipinski definition) is 12. The van der Waals surface area contributed by atoms with Gasteiger partial charge in [-0.15, -0.1) is 5.10 Å². The van der Waals surface area contributed by atoms with Crippen molar-refractivity contribution in [2.45, 2.75) is 82.3 Å². The van der Waals surface area contributed by atoms with Crippen molar-refractivity contribution in [3.63, 3.8) is 0 Å². The van der Waals surface area contributed by atoms with Crippen LogP contribution in [0.1, 0.15) is 39.5 Å². The second-order valence-electron chi connectivity index (χ2n) is 11.7. The largest absolute Gasteiger partial charge is 1.00 e. The number of aryl methyl sites for hydroxylation is 1. The van der Waals surface area contributed by atoms with Crippen molar-refractivity contribution < 1.29 is 77.5 Å². The molecule has 3 aromatic rings. The van der Waals surface area contributed by atoms with Crippen molar-refractivity contribution in [3.8, 4) is 22.4 Å². The Kier molecular flexibility index (Phi) is 15.3. The number of carboxylic acid groups (broad SMARTS) is 1. The minimum Gasteiger partial charge on any atom is -0.544 e. The number of hydrogen-bond donors (Lipinski definition) is 5. The average molecular weight is 712 g/mol. The minimum absolute atomic E-state index is 0. The molecule has 0 saturated carbocycles. The molecule has 0 aliphatic carbocycles. The monoisotopic (exact) mass is 711 g/mol. The van der Waals surface area contributed by atoms with Gasteiger partial charge in [-0.05, 0) is 24.0 Å². The van der Waals surface area contributed by atoms with Crippen LogP contribution in [0.2, 0.25) is 0 Å². The molecule has 262 valence electrons. The summed E-state index contributed by atoms with van der Waals surface area (Å²) in [5.41, 5.74) is 3.63. The molecule has 1 aliphatic rings. The number of carbonyl (C=O) groups is 2. The van der Waals surface area contributed by atoms with Crippen LogP contribution in [-0.4, -0.2) is 106 Å². The number of nitrogens with zero attached hydrogens (tertiary/aromatic N) is 3. The van der Waals surface area contributed by atoms with Gasteiger partial charge in [0.15, 0.2) is 0 Å². The molecule has 1 aromatic heterocycles. The zero-order valence-electron chi connectivity index (χ0n) is 27.8. The third kappa shape index (κ3) is 11.1. The molecule has 1 fully saturated rings. The van der Waals surface area contributed by atoms with Crippen LogP contribution in [0.15, 0.2) is 60.8 Å². The number of benzene rings is 2. The molecule has 49 heavy (non-hydrogen) atoms. The summed E-state index contributed by atoms with van der Waals surface area (Å²) >= 11 is 0. The fourth-order valence-electron chi connectivity index (χ4n) is 5.37. The number of aliphatic carboxylic acids is 1. The van der Waals surface area contributed by atoms with Gasteiger partial charge in [-0.25, -0.2) is 13.1 Å². The van der Waals surface area contributed by atoms with Crippen molar-refractivity contribution >= 4 is 21.9 Å². The van der Waals surface area contributed by atoms with E-state index in [2.05, 4.69) is 20.4 Å². The summed E-state index contributed by atoms with van der Waals surface area (Å²) in [6.45, 7) is 2.38. The number of rotatable bonds is 17. The molecular formula is C32H42N5NaO10S. The van der Waals surface area contributed by atoms with Crippen molar-refractivity contribution in [2.75, 3.05) is 18.9 Å². The number of aliphatic hydroxyl groups excluding tert-OH is 3. The second-order valence-corrected chi connectivity index (χ2v) is 13.6. The van der Waals surface area contributed by atoms with Gasteiger partial charge < -0.3 is 40.0 Å². The van der Waals surface area contributed by atoms with Crippen molar-refractivity contribution in [3.05, 3.63) is 60.8 Å². The summed E-state index contributed by atoms with van der Waals surface area (Å²) in [6, 6.07) is 16.4. The number of unbranched alkanes of at least 4 members (excludes halogenated alkanes) is 1. The molecule has 17 heteroatoms. The van der Waals surface area contributed by atoms with Gasteiger partial charge in [-0.3, -0.25) is 9.48 Å². The maximum Gasteiger partial charge on any atom is 1.00 e. The molecule has 1 aliphatic heterocycles. The first-order chi connectivity index (χ1) is 22.8. The van der Waals surface area contributed by atoms with Crippen LogP contribution in [0.5, 0.6) is 0 Å². The van der Waals surface area contributed by atoms with Gasteiger partial charge in [-0.2, -0.15) is 0 Å². The first-order valence-corrected chi connectivity index (χ1v) is 17.4. The maximum atomic E-state index is 12.4. The first kappa shape index (κ1) is 40.7. The Balaban J connectivity index is 0.00000650. The van der Waals surface area contributed by atoms with E-state index >= 15 is 0 Å². The van der Waals surface area contributed by atoms with Gasteiger partial charge in [0.2, 0.25) is 21.7 Å². The number of ether oxygens (including phenoxy) is 2. The molecule has 5 N–H and O–H groups in total.